The van der Waals surface area contributed by atoms with E-state index in [2.05, 4.69) is 96.2 Å². The lowest BCUT2D eigenvalue weighted by atomic mass is 9.88. The van der Waals surface area contributed by atoms with E-state index in [0.29, 0.717) is 22.3 Å². The molecule has 0 spiro atoms. The zero-order valence-corrected chi connectivity index (χ0v) is 25.6. The van der Waals surface area contributed by atoms with Gasteiger partial charge in [-0.25, -0.2) is 0 Å². The lowest BCUT2D eigenvalue weighted by Crippen LogP contribution is -1.98. The maximum absolute atomic E-state index is 9.74. The van der Waals surface area contributed by atoms with Crippen molar-refractivity contribution in [1.82, 2.24) is 9.55 Å². The van der Waals surface area contributed by atoms with Crippen molar-refractivity contribution in [2.45, 2.75) is 13.8 Å². The molecule has 0 atom stereocenters. The Morgan fingerprint density at radius 3 is 1.62 bits per heavy atom. The van der Waals surface area contributed by atoms with Gasteiger partial charge in [0.1, 0.15) is 24.3 Å². The number of benzene rings is 5. The molecule has 0 N–H and O–H groups in total. The smallest absolute Gasteiger partial charge is 0.101 e. The van der Waals surface area contributed by atoms with Gasteiger partial charge in [-0.1, -0.05) is 30.3 Å². The van der Waals surface area contributed by atoms with Crippen LogP contribution in [0.15, 0.2) is 109 Å². The SMILES string of the molecule is Cc1cc(-n2c3ccccc3c3ccncc32)cc(C)c1-c1cc(-c2ccc(C#N)c(C#N)c2)cc(-c2ccc(C#N)c(C#N)c2)c1. The van der Waals surface area contributed by atoms with Gasteiger partial charge in [0, 0.05) is 22.7 Å². The molecule has 0 aliphatic heterocycles. The highest BCUT2D eigenvalue weighted by molar-refractivity contribution is 6.09. The van der Waals surface area contributed by atoms with Crippen LogP contribution in [0, 0.1) is 59.2 Å². The van der Waals surface area contributed by atoms with Crippen molar-refractivity contribution < 1.29 is 0 Å². The molecule has 218 valence electrons. The fourth-order valence-electron chi connectivity index (χ4n) is 6.55. The molecule has 0 saturated carbocycles. The molecular weight excluding hydrogens is 576 g/mol. The maximum atomic E-state index is 9.74. The second kappa shape index (κ2) is 11.5. The minimum Gasteiger partial charge on any atom is -0.308 e. The first-order valence-electron chi connectivity index (χ1n) is 14.9. The number of hydrogen-bond donors (Lipinski definition) is 0. The molecule has 5 aromatic carbocycles. The fraction of sp³-hybridized carbons (Fsp3) is 0.0488. The lowest BCUT2D eigenvalue weighted by molar-refractivity contribution is 1.15. The molecule has 0 radical (unpaired) electrons. The van der Waals surface area contributed by atoms with E-state index >= 15 is 0 Å². The monoisotopic (exact) mass is 600 g/mol. The van der Waals surface area contributed by atoms with Gasteiger partial charge in [-0.05, 0) is 125 Å². The third kappa shape index (κ3) is 4.85. The van der Waals surface area contributed by atoms with Crippen molar-refractivity contribution in [1.29, 1.82) is 21.0 Å². The number of hydrogen-bond acceptors (Lipinski definition) is 5. The summed E-state index contributed by atoms with van der Waals surface area (Å²) in [4.78, 5) is 4.43. The van der Waals surface area contributed by atoms with Gasteiger partial charge in [-0.3, -0.25) is 4.98 Å². The Balaban J connectivity index is 1.45. The van der Waals surface area contributed by atoms with Gasteiger partial charge < -0.3 is 4.57 Å². The Kier molecular flexibility index (Phi) is 7.04. The van der Waals surface area contributed by atoms with Gasteiger partial charge >= 0.3 is 0 Å². The topological polar surface area (TPSA) is 113 Å². The number of fused-ring (bicyclic) bond motifs is 3. The van der Waals surface area contributed by atoms with Crippen molar-refractivity contribution in [3.8, 4) is 63.3 Å². The van der Waals surface area contributed by atoms with Crippen molar-refractivity contribution in [2.75, 3.05) is 0 Å². The summed E-state index contributed by atoms with van der Waals surface area (Å²) in [6.45, 7) is 4.21. The second-order valence-corrected chi connectivity index (χ2v) is 11.5. The predicted octanol–water partition coefficient (Wildman–Crippen LogP) is 9.28. The van der Waals surface area contributed by atoms with E-state index in [0.717, 1.165) is 66.6 Å². The van der Waals surface area contributed by atoms with E-state index < -0.39 is 0 Å². The van der Waals surface area contributed by atoms with Crippen molar-refractivity contribution >= 4 is 21.8 Å². The first kappa shape index (κ1) is 28.8. The normalized spacial score (nSPS) is 10.7. The van der Waals surface area contributed by atoms with Gasteiger partial charge in [0.15, 0.2) is 0 Å². The van der Waals surface area contributed by atoms with E-state index in [9.17, 15) is 21.0 Å². The zero-order valence-electron chi connectivity index (χ0n) is 25.6. The predicted molar refractivity (Wildman–Crippen MR) is 183 cm³/mol. The zero-order chi connectivity index (χ0) is 32.7. The number of nitriles is 4. The Morgan fingerprint density at radius 1 is 0.511 bits per heavy atom. The summed E-state index contributed by atoms with van der Waals surface area (Å²) in [7, 11) is 0. The maximum Gasteiger partial charge on any atom is 0.101 e. The Bertz CT molecular complexity index is 2430. The molecule has 0 bridgehead atoms. The Hall–Kier alpha value is -6.99. The third-order valence-electron chi connectivity index (χ3n) is 8.66. The van der Waals surface area contributed by atoms with E-state index in [1.165, 1.54) is 5.39 Å². The molecule has 0 amide bonds. The van der Waals surface area contributed by atoms with Crippen LogP contribution in [-0.2, 0) is 0 Å². The quantitative estimate of drug-likeness (QED) is 0.200. The van der Waals surface area contributed by atoms with E-state index in [1.807, 2.05) is 36.7 Å². The number of rotatable bonds is 4. The highest BCUT2D eigenvalue weighted by Crippen LogP contribution is 2.39. The van der Waals surface area contributed by atoms with Gasteiger partial charge in [0.2, 0.25) is 0 Å². The lowest BCUT2D eigenvalue weighted by Gasteiger charge is -2.18. The standard InChI is InChI=1S/C41H24N6/c1-25-13-36(47-39-6-4-3-5-37(39)38-11-12-46-24-40(38)47)14-26(2)41(25)33-18-31(27-7-9-29(20-42)34(15-27)22-44)17-32(19-33)28-8-10-30(21-43)35(16-28)23-45/h3-19,24H,1-2H3. The molecule has 6 nitrogen and oxygen atoms in total. The molecule has 2 heterocycles. The molecule has 6 heteroatoms. The molecule has 0 aliphatic carbocycles. The van der Waals surface area contributed by atoms with Gasteiger partial charge in [0.05, 0.1) is 39.5 Å². The van der Waals surface area contributed by atoms with Crippen LogP contribution < -0.4 is 0 Å². The average molecular weight is 601 g/mol. The van der Waals surface area contributed by atoms with E-state index in [1.54, 1.807) is 24.3 Å². The van der Waals surface area contributed by atoms with Crippen LogP contribution in [0.1, 0.15) is 33.4 Å². The number of aryl methyl sites for hydroxylation is 2. The van der Waals surface area contributed by atoms with Crippen LogP contribution in [0.3, 0.4) is 0 Å². The number of para-hydroxylation sites is 1. The van der Waals surface area contributed by atoms with E-state index in [-0.39, 0.29) is 0 Å². The Labute approximate surface area is 271 Å². The van der Waals surface area contributed by atoms with E-state index in [4.69, 9.17) is 0 Å². The van der Waals surface area contributed by atoms with Crippen LogP contribution >= 0.6 is 0 Å². The summed E-state index contributed by atoms with van der Waals surface area (Å²) < 4.78 is 2.25. The van der Waals surface area contributed by atoms with Crippen molar-refractivity contribution in [3.63, 3.8) is 0 Å². The first-order valence-corrected chi connectivity index (χ1v) is 14.9. The summed E-state index contributed by atoms with van der Waals surface area (Å²) in [5.74, 6) is 0. The summed E-state index contributed by atoms with van der Waals surface area (Å²) in [5.41, 5.74) is 11.9. The van der Waals surface area contributed by atoms with Crippen molar-refractivity contribution in [3.05, 3.63) is 143 Å². The van der Waals surface area contributed by atoms with Crippen molar-refractivity contribution in [2.24, 2.45) is 0 Å². The minimum absolute atomic E-state index is 0.305. The van der Waals surface area contributed by atoms with Crippen LogP contribution in [0.4, 0.5) is 0 Å². The summed E-state index contributed by atoms with van der Waals surface area (Å²) in [5, 5.41) is 40.8. The molecule has 7 rings (SSSR count). The molecule has 7 aromatic rings. The minimum atomic E-state index is 0.305. The third-order valence-corrected chi connectivity index (χ3v) is 8.66. The van der Waals surface area contributed by atoms with Gasteiger partial charge in [-0.2, -0.15) is 21.0 Å². The molecule has 0 fully saturated rings. The molecule has 2 aromatic heterocycles. The molecule has 0 saturated heterocycles. The molecule has 0 aliphatic rings. The highest BCUT2D eigenvalue weighted by Gasteiger charge is 2.17. The number of aromatic nitrogens is 2. The fourth-order valence-corrected chi connectivity index (χ4v) is 6.55. The van der Waals surface area contributed by atoms with Gasteiger partial charge in [0.25, 0.3) is 0 Å². The highest BCUT2D eigenvalue weighted by atomic mass is 15.0. The summed E-state index contributed by atoms with van der Waals surface area (Å²) in [6.07, 6.45) is 3.73. The summed E-state index contributed by atoms with van der Waals surface area (Å²) in [6, 6.07) is 40.0. The van der Waals surface area contributed by atoms with Crippen LogP contribution in [0.5, 0.6) is 0 Å². The number of nitrogens with zero attached hydrogens (tertiary/aromatic N) is 6. The average Bonchev–Trinajstić information content (AvgIpc) is 3.45. The van der Waals surface area contributed by atoms with Gasteiger partial charge in [-0.15, -0.1) is 0 Å². The largest absolute Gasteiger partial charge is 0.308 e. The van der Waals surface area contributed by atoms with Crippen LogP contribution in [-0.4, -0.2) is 9.55 Å². The Morgan fingerprint density at radius 2 is 1.04 bits per heavy atom. The van der Waals surface area contributed by atoms with Crippen LogP contribution in [0.2, 0.25) is 0 Å². The second-order valence-electron chi connectivity index (χ2n) is 11.5. The van der Waals surface area contributed by atoms with Crippen LogP contribution in [0.25, 0.3) is 60.9 Å². The summed E-state index contributed by atoms with van der Waals surface area (Å²) >= 11 is 0. The molecule has 0 unspecified atom stereocenters. The first-order chi connectivity index (χ1) is 22.9. The molecular formula is C41H24N6. The molecule has 47 heavy (non-hydrogen) atoms. The number of pyridine rings is 1.